The van der Waals surface area contributed by atoms with Crippen LogP contribution < -0.4 is 5.32 Å². The van der Waals surface area contributed by atoms with Gasteiger partial charge in [-0.2, -0.15) is 0 Å². The third kappa shape index (κ3) is 3.52. The Kier molecular flexibility index (Phi) is 5.17. The van der Waals surface area contributed by atoms with E-state index in [4.69, 9.17) is 5.11 Å². The summed E-state index contributed by atoms with van der Waals surface area (Å²) in [4.78, 5) is 32.9. The second kappa shape index (κ2) is 6.44. The number of carboxylic acid groups (broad SMARTS) is 1. The van der Waals surface area contributed by atoms with Gasteiger partial charge < -0.3 is 15.5 Å². The average Bonchev–Trinajstić information content (AvgIpc) is 2.34. The molecule has 0 aromatic heterocycles. The number of nitro benzene ring substituents is 1. The van der Waals surface area contributed by atoms with Crippen molar-refractivity contribution >= 4 is 33.5 Å². The van der Waals surface area contributed by atoms with E-state index in [1.807, 2.05) is 0 Å². The highest BCUT2D eigenvalue weighted by atomic mass is 79.9. The molecule has 20 heavy (non-hydrogen) atoms. The number of hydrogen-bond acceptors (Lipinski definition) is 5. The van der Waals surface area contributed by atoms with Crippen LogP contribution in [0.15, 0.2) is 22.7 Å². The van der Waals surface area contributed by atoms with Gasteiger partial charge in [-0.25, -0.2) is 4.79 Å². The monoisotopic (exact) mass is 346 g/mol. The Balaban J connectivity index is 3.07. The molecule has 2 unspecified atom stereocenters. The second-order valence-corrected chi connectivity index (χ2v) is 4.72. The van der Waals surface area contributed by atoms with Gasteiger partial charge in [-0.05, 0) is 28.9 Å². The molecule has 1 amide bonds. The van der Waals surface area contributed by atoms with E-state index < -0.39 is 28.9 Å². The van der Waals surface area contributed by atoms with Crippen LogP contribution in [0.4, 0.5) is 5.69 Å². The Hall–Kier alpha value is -2.00. The molecule has 0 aliphatic rings. The number of amides is 1. The summed E-state index contributed by atoms with van der Waals surface area (Å²) in [6.45, 7) is 1.21. The third-order valence-corrected chi connectivity index (χ3v) is 3.29. The Morgan fingerprint density at radius 2 is 2.05 bits per heavy atom. The van der Waals surface area contributed by atoms with Gasteiger partial charge in [0, 0.05) is 6.07 Å². The number of nitro groups is 1. The number of aliphatic carboxylic acids is 1. The van der Waals surface area contributed by atoms with Gasteiger partial charge in [-0.15, -0.1) is 0 Å². The number of rotatable bonds is 5. The number of benzene rings is 1. The van der Waals surface area contributed by atoms with Crippen molar-refractivity contribution < 1.29 is 24.7 Å². The Morgan fingerprint density at radius 3 is 2.50 bits per heavy atom. The maximum Gasteiger partial charge on any atom is 0.328 e. The molecular formula is C11H11BrN2O6. The Labute approximate surface area is 121 Å². The molecule has 1 aromatic rings. The van der Waals surface area contributed by atoms with E-state index >= 15 is 0 Å². The summed E-state index contributed by atoms with van der Waals surface area (Å²) in [7, 11) is 0. The van der Waals surface area contributed by atoms with E-state index in [0.29, 0.717) is 0 Å². The maximum absolute atomic E-state index is 11.9. The Bertz CT molecular complexity index is 560. The molecule has 108 valence electrons. The number of aliphatic hydroxyl groups excluding tert-OH is 1. The van der Waals surface area contributed by atoms with Gasteiger partial charge in [-0.1, -0.05) is 6.07 Å². The molecule has 0 saturated carbocycles. The normalized spacial score (nSPS) is 13.3. The van der Waals surface area contributed by atoms with Gasteiger partial charge >= 0.3 is 5.97 Å². The lowest BCUT2D eigenvalue weighted by atomic mass is 10.1. The number of nitrogens with zero attached hydrogens (tertiary/aromatic N) is 1. The molecule has 2 atom stereocenters. The van der Waals surface area contributed by atoms with Crippen molar-refractivity contribution in [1.29, 1.82) is 0 Å². The van der Waals surface area contributed by atoms with Crippen LogP contribution >= 0.6 is 15.9 Å². The van der Waals surface area contributed by atoms with Gasteiger partial charge in [-0.3, -0.25) is 14.9 Å². The molecule has 0 bridgehead atoms. The van der Waals surface area contributed by atoms with Crippen molar-refractivity contribution in [3.63, 3.8) is 0 Å². The smallest absolute Gasteiger partial charge is 0.328 e. The predicted molar refractivity (Wildman–Crippen MR) is 71.4 cm³/mol. The number of carbonyl (C=O) groups is 2. The topological polar surface area (TPSA) is 130 Å². The highest BCUT2D eigenvalue weighted by Gasteiger charge is 2.27. The molecule has 1 rings (SSSR count). The van der Waals surface area contributed by atoms with Crippen LogP contribution in [0.3, 0.4) is 0 Å². The fourth-order valence-electron chi connectivity index (χ4n) is 1.44. The number of halogens is 1. The molecular weight excluding hydrogens is 336 g/mol. The molecule has 0 spiro atoms. The fourth-order valence-corrected chi connectivity index (χ4v) is 2.03. The molecule has 0 saturated heterocycles. The molecule has 8 nitrogen and oxygen atoms in total. The molecule has 0 fully saturated rings. The molecule has 0 radical (unpaired) electrons. The van der Waals surface area contributed by atoms with Crippen LogP contribution in [0.5, 0.6) is 0 Å². The lowest BCUT2D eigenvalue weighted by molar-refractivity contribution is -0.385. The van der Waals surface area contributed by atoms with Crippen molar-refractivity contribution in [2.75, 3.05) is 0 Å². The SMILES string of the molecule is CC(O)C(NC(=O)c1cccc([N+](=O)[O-])c1Br)C(=O)O. The standard InChI is InChI=1S/C11H11BrN2O6/c1-5(15)9(11(17)18)13-10(16)6-3-2-4-7(8(6)12)14(19)20/h2-5,9,15H,1H3,(H,13,16)(H,17,18). The van der Waals surface area contributed by atoms with Crippen molar-refractivity contribution in [3.8, 4) is 0 Å². The minimum absolute atomic E-state index is 0.0581. The molecule has 9 heteroatoms. The molecule has 0 aliphatic heterocycles. The van der Waals surface area contributed by atoms with Crippen LogP contribution in [0, 0.1) is 10.1 Å². The summed E-state index contributed by atoms with van der Waals surface area (Å²) in [6.07, 6.45) is -1.31. The number of hydrogen-bond donors (Lipinski definition) is 3. The second-order valence-electron chi connectivity index (χ2n) is 3.93. The molecule has 0 aliphatic carbocycles. The minimum atomic E-state index is -1.51. The van der Waals surface area contributed by atoms with Crippen LogP contribution in [0.25, 0.3) is 0 Å². The fraction of sp³-hybridized carbons (Fsp3) is 0.273. The number of nitrogens with one attached hydrogen (secondary N) is 1. The summed E-state index contributed by atoms with van der Waals surface area (Å²) in [5.74, 6) is -2.25. The highest BCUT2D eigenvalue weighted by Crippen LogP contribution is 2.28. The molecule has 0 heterocycles. The van der Waals surface area contributed by atoms with E-state index in [1.165, 1.54) is 25.1 Å². The van der Waals surface area contributed by atoms with Crippen LogP contribution in [-0.4, -0.2) is 39.2 Å². The summed E-state index contributed by atoms with van der Waals surface area (Å²) >= 11 is 2.93. The zero-order valence-electron chi connectivity index (χ0n) is 10.2. The van der Waals surface area contributed by atoms with Crippen molar-refractivity contribution in [1.82, 2.24) is 5.32 Å². The van der Waals surface area contributed by atoms with Crippen molar-refractivity contribution in [2.45, 2.75) is 19.1 Å². The van der Waals surface area contributed by atoms with Gasteiger partial charge in [0.2, 0.25) is 0 Å². The molecule has 1 aromatic carbocycles. The predicted octanol–water partition coefficient (Wildman–Crippen LogP) is 0.921. The van der Waals surface area contributed by atoms with Crippen molar-refractivity contribution in [3.05, 3.63) is 38.3 Å². The average molecular weight is 347 g/mol. The first-order valence-electron chi connectivity index (χ1n) is 5.40. The summed E-state index contributed by atoms with van der Waals surface area (Å²) in [5.41, 5.74) is -0.410. The van der Waals surface area contributed by atoms with E-state index in [0.717, 1.165) is 0 Å². The Morgan fingerprint density at radius 1 is 1.45 bits per heavy atom. The highest BCUT2D eigenvalue weighted by molar-refractivity contribution is 9.10. The van der Waals surface area contributed by atoms with Gasteiger partial charge in [0.25, 0.3) is 11.6 Å². The largest absolute Gasteiger partial charge is 0.480 e. The van der Waals surface area contributed by atoms with Crippen LogP contribution in [-0.2, 0) is 4.79 Å². The first-order chi connectivity index (χ1) is 9.25. The first kappa shape index (κ1) is 16.1. The maximum atomic E-state index is 11.9. The zero-order chi connectivity index (χ0) is 15.4. The zero-order valence-corrected chi connectivity index (χ0v) is 11.8. The summed E-state index contributed by atoms with van der Waals surface area (Å²) in [5, 5.41) is 31.0. The van der Waals surface area contributed by atoms with Gasteiger partial charge in [0.05, 0.1) is 16.6 Å². The quantitative estimate of drug-likeness (QED) is 0.536. The van der Waals surface area contributed by atoms with Crippen LogP contribution in [0.2, 0.25) is 0 Å². The van der Waals surface area contributed by atoms with Gasteiger partial charge in [0.15, 0.2) is 6.04 Å². The minimum Gasteiger partial charge on any atom is -0.480 e. The van der Waals surface area contributed by atoms with Crippen molar-refractivity contribution in [2.24, 2.45) is 0 Å². The van der Waals surface area contributed by atoms with E-state index in [1.54, 1.807) is 0 Å². The summed E-state index contributed by atoms with van der Waals surface area (Å²) in [6, 6.07) is 2.29. The number of carboxylic acids is 1. The number of aliphatic hydroxyl groups is 1. The number of carbonyl (C=O) groups excluding carboxylic acids is 1. The van der Waals surface area contributed by atoms with Gasteiger partial charge in [0.1, 0.15) is 4.47 Å². The first-order valence-corrected chi connectivity index (χ1v) is 6.19. The van der Waals surface area contributed by atoms with E-state index in [2.05, 4.69) is 21.2 Å². The lowest BCUT2D eigenvalue weighted by Gasteiger charge is -2.17. The summed E-state index contributed by atoms with van der Waals surface area (Å²) < 4.78 is -0.0581. The van der Waals surface area contributed by atoms with E-state index in [9.17, 15) is 24.8 Å². The van der Waals surface area contributed by atoms with E-state index in [-0.39, 0.29) is 15.7 Å². The lowest BCUT2D eigenvalue weighted by Crippen LogP contribution is -2.47. The third-order valence-electron chi connectivity index (χ3n) is 2.45. The van der Waals surface area contributed by atoms with Crippen LogP contribution in [0.1, 0.15) is 17.3 Å². The molecule has 3 N–H and O–H groups in total.